The molecule has 1 rings (SSSR count). The van der Waals surface area contributed by atoms with Gasteiger partial charge in [0.2, 0.25) is 5.95 Å². The van der Waals surface area contributed by atoms with E-state index in [4.69, 9.17) is 4.74 Å². The standard InChI is InChI=1S/C13H22N4O2/c1-6-9-10(7-2)16-17-13(14-9)15-11(8(3)4)12(18)19-5/h8,11H,6-7H2,1-5H3,(H,14,15,17). The number of esters is 1. The molecule has 1 atom stereocenters. The summed E-state index contributed by atoms with van der Waals surface area (Å²) in [6.45, 7) is 7.91. The van der Waals surface area contributed by atoms with E-state index < -0.39 is 6.04 Å². The number of aromatic nitrogens is 3. The van der Waals surface area contributed by atoms with E-state index in [0.29, 0.717) is 5.95 Å². The molecule has 1 unspecified atom stereocenters. The van der Waals surface area contributed by atoms with E-state index in [9.17, 15) is 4.79 Å². The van der Waals surface area contributed by atoms with Crippen molar-refractivity contribution in [1.82, 2.24) is 15.2 Å². The summed E-state index contributed by atoms with van der Waals surface area (Å²) in [5.41, 5.74) is 1.81. The van der Waals surface area contributed by atoms with Crippen molar-refractivity contribution in [1.29, 1.82) is 0 Å². The number of nitrogens with one attached hydrogen (secondary N) is 1. The SMILES string of the molecule is CCc1nnc(NC(C(=O)OC)C(C)C)nc1CC. The summed E-state index contributed by atoms with van der Waals surface area (Å²) in [7, 11) is 1.37. The molecule has 0 saturated carbocycles. The van der Waals surface area contributed by atoms with Gasteiger partial charge >= 0.3 is 5.97 Å². The molecule has 0 aromatic carbocycles. The zero-order chi connectivity index (χ0) is 14.4. The van der Waals surface area contributed by atoms with Crippen molar-refractivity contribution in [3.05, 3.63) is 11.4 Å². The summed E-state index contributed by atoms with van der Waals surface area (Å²) in [4.78, 5) is 16.1. The summed E-state index contributed by atoms with van der Waals surface area (Å²) in [6, 6.07) is -0.469. The normalized spacial score (nSPS) is 12.3. The summed E-state index contributed by atoms with van der Waals surface area (Å²) < 4.78 is 4.77. The lowest BCUT2D eigenvalue weighted by atomic mass is 10.1. The Hall–Kier alpha value is -1.72. The van der Waals surface area contributed by atoms with Gasteiger partial charge in [0, 0.05) is 0 Å². The third kappa shape index (κ3) is 3.87. The number of methoxy groups -OCH3 is 1. The Bertz CT molecular complexity index is 435. The van der Waals surface area contributed by atoms with Gasteiger partial charge in [-0.2, -0.15) is 5.10 Å². The van der Waals surface area contributed by atoms with Crippen molar-refractivity contribution >= 4 is 11.9 Å². The Kier molecular flexibility index (Phi) is 5.66. The van der Waals surface area contributed by atoms with E-state index in [1.54, 1.807) is 0 Å². The van der Waals surface area contributed by atoms with E-state index in [2.05, 4.69) is 20.5 Å². The Morgan fingerprint density at radius 2 is 1.84 bits per heavy atom. The lowest BCUT2D eigenvalue weighted by Gasteiger charge is -2.19. The number of carbonyl (C=O) groups excluding carboxylic acids is 1. The minimum Gasteiger partial charge on any atom is -0.467 e. The van der Waals surface area contributed by atoms with Crippen LogP contribution in [0.4, 0.5) is 5.95 Å². The molecule has 0 aliphatic rings. The Morgan fingerprint density at radius 3 is 2.32 bits per heavy atom. The number of anilines is 1. The molecule has 0 aliphatic carbocycles. The third-order valence-electron chi connectivity index (χ3n) is 2.92. The maximum absolute atomic E-state index is 11.7. The second-order valence-corrected chi connectivity index (χ2v) is 4.63. The summed E-state index contributed by atoms with van der Waals surface area (Å²) in [5.74, 6) is 0.126. The van der Waals surface area contributed by atoms with Crippen LogP contribution in [0.1, 0.15) is 39.1 Å². The first kappa shape index (κ1) is 15.3. The number of nitrogens with zero attached hydrogens (tertiary/aromatic N) is 3. The molecule has 0 amide bonds. The molecule has 0 bridgehead atoms. The minimum atomic E-state index is -0.469. The molecule has 0 aliphatic heterocycles. The molecule has 0 radical (unpaired) electrons. The molecule has 6 heteroatoms. The van der Waals surface area contributed by atoms with Gasteiger partial charge in [-0.25, -0.2) is 9.78 Å². The van der Waals surface area contributed by atoms with Gasteiger partial charge in [-0.3, -0.25) is 0 Å². The monoisotopic (exact) mass is 266 g/mol. The van der Waals surface area contributed by atoms with Crippen LogP contribution in [-0.4, -0.2) is 34.3 Å². The predicted octanol–water partition coefficient (Wildman–Crippen LogP) is 1.61. The van der Waals surface area contributed by atoms with Gasteiger partial charge in [0.25, 0.3) is 0 Å². The number of rotatable bonds is 6. The molecule has 0 spiro atoms. The van der Waals surface area contributed by atoms with E-state index >= 15 is 0 Å². The van der Waals surface area contributed by atoms with Gasteiger partial charge < -0.3 is 10.1 Å². The topological polar surface area (TPSA) is 77.0 Å². The maximum Gasteiger partial charge on any atom is 0.328 e. The maximum atomic E-state index is 11.7. The summed E-state index contributed by atoms with van der Waals surface area (Å²) in [5, 5.41) is 11.2. The second kappa shape index (κ2) is 7.01. The van der Waals surface area contributed by atoms with Crippen LogP contribution in [0.3, 0.4) is 0 Å². The molecule has 106 valence electrons. The zero-order valence-corrected chi connectivity index (χ0v) is 12.2. The van der Waals surface area contributed by atoms with Crippen LogP contribution in [0.5, 0.6) is 0 Å². The molecule has 1 N–H and O–H groups in total. The van der Waals surface area contributed by atoms with E-state index in [0.717, 1.165) is 24.2 Å². The molecule has 1 aromatic rings. The lowest BCUT2D eigenvalue weighted by molar-refractivity contribution is -0.142. The van der Waals surface area contributed by atoms with Crippen molar-refractivity contribution in [3.8, 4) is 0 Å². The molecule has 19 heavy (non-hydrogen) atoms. The van der Waals surface area contributed by atoms with Gasteiger partial charge in [0.1, 0.15) is 6.04 Å². The first-order valence-electron chi connectivity index (χ1n) is 6.60. The average Bonchev–Trinajstić information content (AvgIpc) is 2.43. The molecular weight excluding hydrogens is 244 g/mol. The first-order chi connectivity index (χ1) is 9.03. The number of carbonyl (C=O) groups is 1. The van der Waals surface area contributed by atoms with Crippen molar-refractivity contribution in [3.63, 3.8) is 0 Å². The van der Waals surface area contributed by atoms with E-state index in [1.165, 1.54) is 7.11 Å². The van der Waals surface area contributed by atoms with Crippen LogP contribution < -0.4 is 5.32 Å². The first-order valence-corrected chi connectivity index (χ1v) is 6.60. The van der Waals surface area contributed by atoms with Gasteiger partial charge in [0.05, 0.1) is 18.5 Å². The van der Waals surface area contributed by atoms with Gasteiger partial charge in [-0.15, -0.1) is 5.10 Å². The highest BCUT2D eigenvalue weighted by atomic mass is 16.5. The van der Waals surface area contributed by atoms with Crippen molar-refractivity contribution in [2.24, 2.45) is 5.92 Å². The Labute approximate surface area is 114 Å². The molecule has 1 heterocycles. The number of hydrogen-bond acceptors (Lipinski definition) is 6. The van der Waals surface area contributed by atoms with Gasteiger partial charge in [-0.1, -0.05) is 27.7 Å². The molecule has 1 aromatic heterocycles. The second-order valence-electron chi connectivity index (χ2n) is 4.63. The van der Waals surface area contributed by atoms with Gasteiger partial charge in [0.15, 0.2) is 0 Å². The summed E-state index contributed by atoms with van der Waals surface area (Å²) in [6.07, 6.45) is 1.59. The highest BCUT2D eigenvalue weighted by molar-refractivity contribution is 5.78. The van der Waals surface area contributed by atoms with E-state index in [-0.39, 0.29) is 11.9 Å². The average molecular weight is 266 g/mol. The Balaban J connectivity index is 2.94. The molecule has 0 saturated heterocycles. The summed E-state index contributed by atoms with van der Waals surface area (Å²) >= 11 is 0. The fraction of sp³-hybridized carbons (Fsp3) is 0.692. The molecular formula is C13H22N4O2. The smallest absolute Gasteiger partial charge is 0.328 e. The van der Waals surface area contributed by atoms with Crippen LogP contribution >= 0.6 is 0 Å². The fourth-order valence-corrected chi connectivity index (χ4v) is 1.76. The van der Waals surface area contributed by atoms with Crippen LogP contribution in [0, 0.1) is 5.92 Å². The number of aryl methyl sites for hydroxylation is 2. The fourth-order valence-electron chi connectivity index (χ4n) is 1.76. The third-order valence-corrected chi connectivity index (χ3v) is 2.92. The van der Waals surface area contributed by atoms with Gasteiger partial charge in [-0.05, 0) is 18.8 Å². The number of hydrogen-bond donors (Lipinski definition) is 1. The highest BCUT2D eigenvalue weighted by Gasteiger charge is 2.24. The largest absolute Gasteiger partial charge is 0.467 e. The van der Waals surface area contributed by atoms with Crippen molar-refractivity contribution < 1.29 is 9.53 Å². The number of ether oxygens (including phenoxy) is 1. The predicted molar refractivity (Wildman–Crippen MR) is 72.8 cm³/mol. The molecule has 0 fully saturated rings. The van der Waals surface area contributed by atoms with E-state index in [1.807, 2.05) is 27.7 Å². The van der Waals surface area contributed by atoms with Crippen LogP contribution in [0.2, 0.25) is 0 Å². The molecule has 6 nitrogen and oxygen atoms in total. The Morgan fingerprint density at radius 1 is 1.21 bits per heavy atom. The van der Waals surface area contributed by atoms with Crippen LogP contribution in [0.25, 0.3) is 0 Å². The zero-order valence-electron chi connectivity index (χ0n) is 12.2. The van der Waals surface area contributed by atoms with Crippen LogP contribution in [-0.2, 0) is 22.4 Å². The van der Waals surface area contributed by atoms with Crippen molar-refractivity contribution in [2.45, 2.75) is 46.6 Å². The lowest BCUT2D eigenvalue weighted by Crippen LogP contribution is -2.36. The quantitative estimate of drug-likeness (QED) is 0.788. The van der Waals surface area contributed by atoms with Crippen LogP contribution in [0.15, 0.2) is 0 Å². The minimum absolute atomic E-state index is 0.0759. The van der Waals surface area contributed by atoms with Crippen molar-refractivity contribution in [2.75, 3.05) is 12.4 Å². The highest BCUT2D eigenvalue weighted by Crippen LogP contribution is 2.12.